The first-order chi connectivity index (χ1) is 9.30. The minimum Gasteiger partial charge on any atom is -0.463 e. The highest BCUT2D eigenvalue weighted by Crippen LogP contribution is 2.18. The number of carbonyl (C=O) groups excluding carboxylic acids is 1. The van der Waals surface area contributed by atoms with Gasteiger partial charge in [-0.25, -0.2) is 4.79 Å². The van der Waals surface area contributed by atoms with Crippen molar-refractivity contribution in [1.82, 2.24) is 0 Å². The van der Waals surface area contributed by atoms with Gasteiger partial charge in [0.25, 0.3) is 0 Å². The minimum atomic E-state index is -0.734. The summed E-state index contributed by atoms with van der Waals surface area (Å²) in [5.41, 5.74) is 0.291. The maximum absolute atomic E-state index is 11.2. The highest BCUT2D eigenvalue weighted by molar-refractivity contribution is 5.82. The fourth-order valence-electron chi connectivity index (χ4n) is 1.74. The Morgan fingerprint density at radius 3 is 2.40 bits per heavy atom. The zero-order valence-corrected chi connectivity index (χ0v) is 12.5. The van der Waals surface area contributed by atoms with Crippen LogP contribution in [0.25, 0.3) is 0 Å². The molecule has 4 nitrogen and oxygen atoms in total. The van der Waals surface area contributed by atoms with E-state index in [0.717, 1.165) is 5.56 Å². The summed E-state index contributed by atoms with van der Waals surface area (Å²) in [6.45, 7) is 7.33. The lowest BCUT2D eigenvalue weighted by Gasteiger charge is -2.17. The molecule has 0 aromatic heterocycles. The van der Waals surface area contributed by atoms with E-state index in [1.165, 1.54) is 6.08 Å². The van der Waals surface area contributed by atoms with Gasteiger partial charge >= 0.3 is 5.97 Å². The van der Waals surface area contributed by atoms with Crippen LogP contribution in [-0.4, -0.2) is 23.3 Å². The fourth-order valence-corrected chi connectivity index (χ4v) is 1.74. The summed E-state index contributed by atoms with van der Waals surface area (Å²) in [7, 11) is 0. The summed E-state index contributed by atoms with van der Waals surface area (Å²) in [6, 6.07) is 7.41. The summed E-state index contributed by atoms with van der Waals surface area (Å²) in [4.78, 5) is 11.2. The predicted octanol–water partition coefficient (Wildman–Crippen LogP) is 2.85. The predicted molar refractivity (Wildman–Crippen MR) is 77.5 cm³/mol. The molecule has 0 saturated carbocycles. The zero-order valence-electron chi connectivity index (χ0n) is 12.5. The number of allylic oxidation sites excluding steroid dienone is 1. The van der Waals surface area contributed by atoms with E-state index in [1.54, 1.807) is 27.7 Å². The molecule has 0 saturated heterocycles. The molecule has 0 fully saturated rings. The zero-order chi connectivity index (χ0) is 15.2. The van der Waals surface area contributed by atoms with Crippen molar-refractivity contribution in [3.05, 3.63) is 41.7 Å². The van der Waals surface area contributed by atoms with E-state index in [9.17, 15) is 9.90 Å². The van der Waals surface area contributed by atoms with Gasteiger partial charge in [-0.15, -0.1) is 0 Å². The molecular formula is C16H22O4. The van der Waals surface area contributed by atoms with E-state index in [2.05, 4.69) is 0 Å². The molecule has 1 N–H and O–H groups in total. The lowest BCUT2D eigenvalue weighted by molar-refractivity contribution is -0.137. The van der Waals surface area contributed by atoms with Crippen LogP contribution in [0.4, 0.5) is 0 Å². The largest absolute Gasteiger partial charge is 0.463 e. The highest BCUT2D eigenvalue weighted by atomic mass is 16.5. The molecule has 0 aliphatic carbocycles. The molecule has 0 aliphatic rings. The Balaban J connectivity index is 2.63. The second-order valence-corrected chi connectivity index (χ2v) is 5.24. The van der Waals surface area contributed by atoms with Gasteiger partial charge in [0.1, 0.15) is 11.5 Å². The summed E-state index contributed by atoms with van der Waals surface area (Å²) < 4.78 is 10.3. The summed E-state index contributed by atoms with van der Waals surface area (Å²) in [6.07, 6.45) is 1.89. The van der Waals surface area contributed by atoms with Gasteiger partial charge in [-0.05, 0) is 45.4 Å². The maximum atomic E-state index is 11.2. The number of hydrogen-bond donors (Lipinski definition) is 1. The number of aliphatic hydroxyl groups is 1. The molecule has 1 rings (SSSR count). The molecule has 0 radical (unpaired) electrons. The number of hydrogen-bond acceptors (Lipinski definition) is 4. The normalized spacial score (nSPS) is 12.2. The van der Waals surface area contributed by atoms with Crippen LogP contribution in [-0.2, 0) is 16.0 Å². The van der Waals surface area contributed by atoms with Crippen molar-refractivity contribution in [2.75, 3.05) is 6.61 Å². The Labute approximate surface area is 120 Å². The van der Waals surface area contributed by atoms with E-state index in [1.807, 2.05) is 24.3 Å². The third kappa shape index (κ3) is 6.38. The number of esters is 1. The Bertz CT molecular complexity index is 466. The molecule has 0 bridgehead atoms. The molecule has 0 unspecified atom stereocenters. The third-order valence-electron chi connectivity index (χ3n) is 2.45. The van der Waals surface area contributed by atoms with Crippen molar-refractivity contribution in [1.29, 1.82) is 0 Å². The topological polar surface area (TPSA) is 55.8 Å². The summed E-state index contributed by atoms with van der Waals surface area (Å²) in [5, 5.41) is 9.74. The minimum absolute atomic E-state index is 0.342. The molecule has 0 heterocycles. The Hall–Kier alpha value is -1.81. The van der Waals surface area contributed by atoms with Crippen LogP contribution in [0.3, 0.4) is 0 Å². The van der Waals surface area contributed by atoms with Crippen molar-refractivity contribution in [2.24, 2.45) is 0 Å². The summed E-state index contributed by atoms with van der Waals surface area (Å²) in [5.74, 6) is 0.699. The highest BCUT2D eigenvalue weighted by Gasteiger charge is 2.13. The van der Waals surface area contributed by atoms with Crippen molar-refractivity contribution >= 4 is 5.97 Å². The number of carbonyl (C=O) groups is 1. The van der Waals surface area contributed by atoms with Crippen molar-refractivity contribution in [3.63, 3.8) is 0 Å². The van der Waals surface area contributed by atoms with Crippen molar-refractivity contribution < 1.29 is 19.4 Å². The van der Waals surface area contributed by atoms with E-state index in [0.29, 0.717) is 24.5 Å². The molecule has 0 amide bonds. The van der Waals surface area contributed by atoms with Gasteiger partial charge < -0.3 is 14.6 Å². The SMILES string of the molecule is CCOC(=O)C=C(C)Oc1ccc(CC(C)(C)O)cc1. The molecule has 0 aliphatic heterocycles. The number of ether oxygens (including phenoxy) is 2. The maximum Gasteiger partial charge on any atom is 0.334 e. The van der Waals surface area contributed by atoms with E-state index < -0.39 is 11.6 Å². The first-order valence-corrected chi connectivity index (χ1v) is 6.64. The van der Waals surface area contributed by atoms with Crippen molar-refractivity contribution in [2.45, 2.75) is 39.7 Å². The lowest BCUT2D eigenvalue weighted by atomic mass is 9.99. The monoisotopic (exact) mass is 278 g/mol. The van der Waals surface area contributed by atoms with Crippen LogP contribution in [0.2, 0.25) is 0 Å². The fraction of sp³-hybridized carbons (Fsp3) is 0.438. The number of rotatable bonds is 6. The van der Waals surface area contributed by atoms with Crippen LogP contribution in [0, 0.1) is 0 Å². The second-order valence-electron chi connectivity index (χ2n) is 5.24. The van der Waals surface area contributed by atoms with E-state index in [-0.39, 0.29) is 0 Å². The Morgan fingerprint density at radius 2 is 1.90 bits per heavy atom. The quantitative estimate of drug-likeness (QED) is 0.494. The van der Waals surface area contributed by atoms with Gasteiger partial charge in [0.2, 0.25) is 0 Å². The molecule has 1 aromatic carbocycles. The van der Waals surface area contributed by atoms with E-state index in [4.69, 9.17) is 9.47 Å². The van der Waals surface area contributed by atoms with Gasteiger partial charge in [0.15, 0.2) is 0 Å². The third-order valence-corrected chi connectivity index (χ3v) is 2.45. The molecule has 110 valence electrons. The molecule has 1 aromatic rings. The van der Waals surface area contributed by atoms with Crippen LogP contribution in [0.5, 0.6) is 5.75 Å². The van der Waals surface area contributed by atoms with Crippen molar-refractivity contribution in [3.8, 4) is 5.75 Å². The molecular weight excluding hydrogens is 256 g/mol. The molecule has 0 atom stereocenters. The standard InChI is InChI=1S/C16H22O4/c1-5-19-15(17)10-12(2)20-14-8-6-13(7-9-14)11-16(3,4)18/h6-10,18H,5,11H2,1-4H3. The number of benzene rings is 1. The van der Waals surface area contributed by atoms with Crippen LogP contribution in [0.15, 0.2) is 36.1 Å². The first kappa shape index (κ1) is 16.2. The first-order valence-electron chi connectivity index (χ1n) is 6.64. The van der Waals surface area contributed by atoms with Crippen LogP contribution >= 0.6 is 0 Å². The smallest absolute Gasteiger partial charge is 0.334 e. The van der Waals surface area contributed by atoms with Crippen LogP contribution < -0.4 is 4.74 Å². The van der Waals surface area contributed by atoms with E-state index >= 15 is 0 Å². The molecule has 0 spiro atoms. The Kier molecular flexibility index (Phi) is 5.77. The Morgan fingerprint density at radius 1 is 1.30 bits per heavy atom. The van der Waals surface area contributed by atoms with Gasteiger partial charge in [-0.3, -0.25) is 0 Å². The summed E-state index contributed by atoms with van der Waals surface area (Å²) >= 11 is 0. The average Bonchev–Trinajstić information content (AvgIpc) is 2.30. The second kappa shape index (κ2) is 7.10. The van der Waals surface area contributed by atoms with Gasteiger partial charge in [-0.1, -0.05) is 12.1 Å². The van der Waals surface area contributed by atoms with Gasteiger partial charge in [0, 0.05) is 6.42 Å². The molecule has 20 heavy (non-hydrogen) atoms. The van der Waals surface area contributed by atoms with Gasteiger partial charge in [-0.2, -0.15) is 0 Å². The van der Waals surface area contributed by atoms with Gasteiger partial charge in [0.05, 0.1) is 18.3 Å². The average molecular weight is 278 g/mol. The lowest BCUT2D eigenvalue weighted by Crippen LogP contribution is -2.21. The molecule has 4 heteroatoms. The van der Waals surface area contributed by atoms with Crippen LogP contribution in [0.1, 0.15) is 33.3 Å².